The molecule has 1 heterocycles. The Balaban J connectivity index is 2.43. The molecule has 1 aromatic rings. The molecule has 0 amide bonds. The fourth-order valence-electron chi connectivity index (χ4n) is 1.05. The Morgan fingerprint density at radius 2 is 2.24 bits per heavy atom. The number of rotatable bonds is 5. The number of carbonyl (C=O) groups is 2. The molecular weight excluding hydrogens is 230 g/mol. The van der Waals surface area contributed by atoms with E-state index in [9.17, 15) is 9.59 Å². The van der Waals surface area contributed by atoms with Gasteiger partial charge in [0, 0.05) is 0 Å². The summed E-state index contributed by atoms with van der Waals surface area (Å²) < 4.78 is 14.0. The van der Waals surface area contributed by atoms with Crippen molar-refractivity contribution in [1.82, 2.24) is 10.1 Å². The molecule has 17 heavy (non-hydrogen) atoms. The highest BCUT2D eigenvalue weighted by Crippen LogP contribution is 2.05. The van der Waals surface area contributed by atoms with Crippen LogP contribution in [0.15, 0.2) is 4.52 Å². The van der Waals surface area contributed by atoms with E-state index < -0.39 is 18.0 Å². The van der Waals surface area contributed by atoms with Gasteiger partial charge in [-0.2, -0.15) is 4.98 Å². The summed E-state index contributed by atoms with van der Waals surface area (Å²) in [5, 5.41) is 3.28. The van der Waals surface area contributed by atoms with Gasteiger partial charge < -0.3 is 19.7 Å². The molecule has 0 radical (unpaired) electrons. The number of nitrogens with two attached hydrogens (primary N) is 1. The smallest absolute Gasteiger partial charge is 0.380 e. The zero-order valence-corrected chi connectivity index (χ0v) is 9.50. The molecule has 0 saturated carbocycles. The second kappa shape index (κ2) is 5.83. The quantitative estimate of drug-likeness (QED) is 0.726. The van der Waals surface area contributed by atoms with Crippen molar-refractivity contribution in [2.45, 2.75) is 26.4 Å². The van der Waals surface area contributed by atoms with Gasteiger partial charge in [0.05, 0.1) is 13.0 Å². The largest absolute Gasteiger partial charge is 0.466 e. The van der Waals surface area contributed by atoms with Crippen molar-refractivity contribution in [3.05, 3.63) is 5.82 Å². The summed E-state index contributed by atoms with van der Waals surface area (Å²) in [5.74, 6) is -1.53. The van der Waals surface area contributed by atoms with Gasteiger partial charge in [-0.25, -0.2) is 4.79 Å². The van der Waals surface area contributed by atoms with E-state index in [1.54, 1.807) is 13.8 Å². The van der Waals surface area contributed by atoms with Crippen LogP contribution in [0.25, 0.3) is 0 Å². The molecule has 1 atom stereocenters. The fourth-order valence-corrected chi connectivity index (χ4v) is 1.05. The third kappa shape index (κ3) is 4.09. The number of carbonyl (C=O) groups excluding carboxylic acids is 2. The number of esters is 2. The molecule has 0 saturated heterocycles. The van der Waals surface area contributed by atoms with Crippen molar-refractivity contribution in [3.8, 4) is 0 Å². The lowest BCUT2D eigenvalue weighted by Gasteiger charge is -2.10. The third-order valence-corrected chi connectivity index (χ3v) is 1.69. The van der Waals surface area contributed by atoms with Gasteiger partial charge in [-0.05, 0) is 19.0 Å². The monoisotopic (exact) mass is 243 g/mol. The first-order chi connectivity index (χ1) is 8.02. The summed E-state index contributed by atoms with van der Waals surface area (Å²) in [6.45, 7) is 3.52. The van der Waals surface area contributed by atoms with Crippen molar-refractivity contribution >= 4 is 18.0 Å². The molecule has 0 aliphatic carbocycles. The highest BCUT2D eigenvalue weighted by molar-refractivity contribution is 5.85. The van der Waals surface area contributed by atoms with Crippen molar-refractivity contribution in [2.75, 3.05) is 12.3 Å². The van der Waals surface area contributed by atoms with E-state index in [0.717, 1.165) is 0 Å². The van der Waals surface area contributed by atoms with Gasteiger partial charge in [0.1, 0.15) is 6.10 Å². The molecule has 8 heteroatoms. The summed E-state index contributed by atoms with van der Waals surface area (Å²) in [6, 6.07) is -0.227. The van der Waals surface area contributed by atoms with E-state index in [1.165, 1.54) is 0 Å². The summed E-state index contributed by atoms with van der Waals surface area (Å²) in [4.78, 5) is 26.0. The molecule has 2 N–H and O–H groups in total. The van der Waals surface area contributed by atoms with E-state index in [2.05, 4.69) is 14.7 Å². The highest BCUT2D eigenvalue weighted by atomic mass is 16.6. The lowest BCUT2D eigenvalue weighted by molar-refractivity contribution is -0.145. The first kappa shape index (κ1) is 12.9. The van der Waals surface area contributed by atoms with Crippen LogP contribution in [0.1, 0.15) is 30.9 Å². The third-order valence-electron chi connectivity index (χ3n) is 1.69. The van der Waals surface area contributed by atoms with Gasteiger partial charge in [0.2, 0.25) is 0 Å². The molecule has 0 aliphatic rings. The number of ether oxygens (including phenoxy) is 2. The molecule has 0 bridgehead atoms. The van der Waals surface area contributed by atoms with E-state index >= 15 is 0 Å². The standard InChI is InChI=1S/C9H13N3O5/c1-3-15-6(13)4-5(2)16-8(14)7-11-9(10)17-12-7/h5H,3-4H2,1-2H3,(H2,10,11,12). The Labute approximate surface area is 97.1 Å². The van der Waals surface area contributed by atoms with Crippen LogP contribution in [-0.2, 0) is 14.3 Å². The minimum atomic E-state index is -0.803. The van der Waals surface area contributed by atoms with Crippen LogP contribution in [0.2, 0.25) is 0 Å². The summed E-state index contributed by atoms with van der Waals surface area (Å²) in [5.41, 5.74) is 5.15. The Hall–Kier alpha value is -2.12. The molecule has 1 unspecified atom stereocenters. The van der Waals surface area contributed by atoms with Gasteiger partial charge >= 0.3 is 18.0 Å². The number of hydrogen-bond acceptors (Lipinski definition) is 8. The van der Waals surface area contributed by atoms with Crippen LogP contribution in [0.4, 0.5) is 6.01 Å². The molecule has 94 valence electrons. The van der Waals surface area contributed by atoms with Gasteiger partial charge in [-0.3, -0.25) is 4.79 Å². The maximum atomic E-state index is 11.4. The van der Waals surface area contributed by atoms with Crippen molar-refractivity contribution in [2.24, 2.45) is 0 Å². The molecule has 1 rings (SSSR count). The molecular formula is C9H13N3O5. The lowest BCUT2D eigenvalue weighted by atomic mass is 10.3. The predicted molar refractivity (Wildman–Crippen MR) is 54.8 cm³/mol. The van der Waals surface area contributed by atoms with Crippen LogP contribution in [-0.4, -0.2) is 34.8 Å². The van der Waals surface area contributed by atoms with E-state index in [1.807, 2.05) is 0 Å². The fraction of sp³-hybridized carbons (Fsp3) is 0.556. The summed E-state index contributed by atoms with van der Waals surface area (Å²) in [7, 11) is 0. The molecule has 0 aromatic carbocycles. The Bertz CT molecular complexity index is 403. The minimum absolute atomic E-state index is 0.0348. The molecule has 0 aliphatic heterocycles. The molecule has 0 fully saturated rings. The van der Waals surface area contributed by atoms with E-state index in [4.69, 9.17) is 15.2 Å². The van der Waals surface area contributed by atoms with Gasteiger partial charge in [0.15, 0.2) is 0 Å². The topological polar surface area (TPSA) is 118 Å². The second-order valence-corrected chi connectivity index (χ2v) is 3.18. The average molecular weight is 243 g/mol. The minimum Gasteiger partial charge on any atom is -0.466 e. The number of anilines is 1. The molecule has 1 aromatic heterocycles. The average Bonchev–Trinajstić information content (AvgIpc) is 2.64. The van der Waals surface area contributed by atoms with Gasteiger partial charge in [0.25, 0.3) is 5.82 Å². The van der Waals surface area contributed by atoms with E-state index in [-0.39, 0.29) is 24.9 Å². The zero-order chi connectivity index (χ0) is 12.8. The normalized spacial score (nSPS) is 11.9. The zero-order valence-electron chi connectivity index (χ0n) is 9.50. The van der Waals surface area contributed by atoms with Crippen molar-refractivity contribution < 1.29 is 23.6 Å². The maximum Gasteiger partial charge on any atom is 0.380 e. The first-order valence-corrected chi connectivity index (χ1v) is 4.98. The maximum absolute atomic E-state index is 11.4. The Kier molecular flexibility index (Phi) is 4.44. The van der Waals surface area contributed by atoms with Crippen LogP contribution < -0.4 is 5.73 Å². The highest BCUT2D eigenvalue weighted by Gasteiger charge is 2.20. The van der Waals surface area contributed by atoms with Crippen LogP contribution >= 0.6 is 0 Å². The van der Waals surface area contributed by atoms with Crippen LogP contribution in [0, 0.1) is 0 Å². The Morgan fingerprint density at radius 1 is 1.53 bits per heavy atom. The lowest BCUT2D eigenvalue weighted by Crippen LogP contribution is -2.20. The first-order valence-electron chi connectivity index (χ1n) is 4.98. The van der Waals surface area contributed by atoms with Crippen molar-refractivity contribution in [1.29, 1.82) is 0 Å². The number of nitrogens with zero attached hydrogens (tertiary/aromatic N) is 2. The van der Waals surface area contributed by atoms with Crippen molar-refractivity contribution in [3.63, 3.8) is 0 Å². The summed E-state index contributed by atoms with van der Waals surface area (Å²) in [6.07, 6.45) is -0.673. The van der Waals surface area contributed by atoms with E-state index in [0.29, 0.717) is 0 Å². The SMILES string of the molecule is CCOC(=O)CC(C)OC(=O)c1noc(N)n1. The molecule has 0 spiro atoms. The predicted octanol–water partition coefficient (Wildman–Crippen LogP) is 0.150. The van der Waals surface area contributed by atoms with Gasteiger partial charge in [-0.1, -0.05) is 0 Å². The van der Waals surface area contributed by atoms with Crippen LogP contribution in [0.5, 0.6) is 0 Å². The van der Waals surface area contributed by atoms with Crippen LogP contribution in [0.3, 0.4) is 0 Å². The number of hydrogen-bond donors (Lipinski definition) is 1. The number of nitrogen functional groups attached to an aromatic ring is 1. The summed E-state index contributed by atoms with van der Waals surface area (Å²) >= 11 is 0. The number of aromatic nitrogens is 2. The Morgan fingerprint density at radius 3 is 2.76 bits per heavy atom. The van der Waals surface area contributed by atoms with Gasteiger partial charge in [-0.15, -0.1) is 0 Å². The second-order valence-electron chi connectivity index (χ2n) is 3.18. The molecule has 8 nitrogen and oxygen atoms in total.